The molecule has 0 saturated heterocycles. The number of aryl methyl sites for hydroxylation is 2. The van der Waals surface area contributed by atoms with Crippen LogP contribution in [0.25, 0.3) is 0 Å². The van der Waals surface area contributed by atoms with Gasteiger partial charge in [-0.05, 0) is 25.3 Å². The molecule has 19 heavy (non-hydrogen) atoms. The maximum Gasteiger partial charge on any atom is 0.185 e. The summed E-state index contributed by atoms with van der Waals surface area (Å²) in [6, 6.07) is 10.5. The lowest BCUT2D eigenvalue weighted by molar-refractivity contribution is 0.626. The zero-order chi connectivity index (χ0) is 13.7. The van der Waals surface area contributed by atoms with E-state index in [1.807, 2.05) is 0 Å². The van der Waals surface area contributed by atoms with Crippen molar-refractivity contribution in [3.05, 3.63) is 59.4 Å². The van der Waals surface area contributed by atoms with Crippen molar-refractivity contribution in [2.45, 2.75) is 26.3 Å². The van der Waals surface area contributed by atoms with Crippen LogP contribution in [0.3, 0.4) is 0 Å². The van der Waals surface area contributed by atoms with Gasteiger partial charge in [0.1, 0.15) is 6.07 Å². The number of rotatable bonds is 5. The average Bonchev–Trinajstić information content (AvgIpc) is 2.81. The van der Waals surface area contributed by atoms with Crippen LogP contribution in [0.4, 0.5) is 0 Å². The minimum Gasteiger partial charge on any atom is -0.244 e. The zero-order valence-electron chi connectivity index (χ0n) is 11.0. The van der Waals surface area contributed by atoms with Crippen molar-refractivity contribution in [2.75, 3.05) is 0 Å². The van der Waals surface area contributed by atoms with Gasteiger partial charge in [-0.15, -0.1) is 11.7 Å². The number of nitriles is 1. The van der Waals surface area contributed by atoms with Gasteiger partial charge < -0.3 is 0 Å². The van der Waals surface area contributed by atoms with E-state index in [4.69, 9.17) is 5.26 Å². The van der Waals surface area contributed by atoms with E-state index in [2.05, 4.69) is 54.1 Å². The first-order valence-electron chi connectivity index (χ1n) is 6.23. The summed E-state index contributed by atoms with van der Waals surface area (Å²) in [5, 5.41) is 16.9. The molecule has 4 nitrogen and oxygen atoms in total. The zero-order valence-corrected chi connectivity index (χ0v) is 11.0. The van der Waals surface area contributed by atoms with Crippen LogP contribution in [-0.2, 0) is 19.4 Å². The summed E-state index contributed by atoms with van der Waals surface area (Å²) in [4.78, 5) is 0. The normalized spacial score (nSPS) is 10.1. The van der Waals surface area contributed by atoms with Crippen LogP contribution >= 0.6 is 0 Å². The van der Waals surface area contributed by atoms with Crippen molar-refractivity contribution in [3.63, 3.8) is 0 Å². The highest BCUT2D eigenvalue weighted by Crippen LogP contribution is 2.11. The highest BCUT2D eigenvalue weighted by atomic mass is 15.4. The van der Waals surface area contributed by atoms with Gasteiger partial charge in [-0.3, -0.25) is 0 Å². The number of hydrogen-bond acceptors (Lipinski definition) is 3. The van der Waals surface area contributed by atoms with E-state index >= 15 is 0 Å². The van der Waals surface area contributed by atoms with E-state index in [-0.39, 0.29) is 0 Å². The molecule has 0 fully saturated rings. The molecule has 0 saturated carbocycles. The Bertz CT molecular complexity index is 602. The van der Waals surface area contributed by atoms with Gasteiger partial charge in [-0.25, -0.2) is 4.68 Å². The third kappa shape index (κ3) is 3.08. The van der Waals surface area contributed by atoms with E-state index in [0.29, 0.717) is 12.2 Å². The van der Waals surface area contributed by atoms with E-state index < -0.39 is 0 Å². The fraction of sp³-hybridized carbons (Fsp3) is 0.267. The van der Waals surface area contributed by atoms with Crippen molar-refractivity contribution in [3.8, 4) is 6.07 Å². The number of hydrogen-bond donors (Lipinski definition) is 0. The Balaban J connectivity index is 2.14. The molecule has 0 aliphatic carbocycles. The van der Waals surface area contributed by atoms with Crippen molar-refractivity contribution in [1.29, 1.82) is 5.26 Å². The largest absolute Gasteiger partial charge is 0.244 e. The predicted molar refractivity (Wildman–Crippen MR) is 73.5 cm³/mol. The third-order valence-corrected chi connectivity index (χ3v) is 3.02. The molecule has 0 bridgehead atoms. The summed E-state index contributed by atoms with van der Waals surface area (Å²) >= 11 is 0. The van der Waals surface area contributed by atoms with Gasteiger partial charge >= 0.3 is 0 Å². The van der Waals surface area contributed by atoms with Gasteiger partial charge in [-0.1, -0.05) is 41.1 Å². The summed E-state index contributed by atoms with van der Waals surface area (Å²) in [5.74, 6) is 0. The second kappa shape index (κ2) is 5.96. The number of nitrogens with zero attached hydrogens (tertiary/aromatic N) is 4. The third-order valence-electron chi connectivity index (χ3n) is 3.02. The maximum atomic E-state index is 9.04. The molecule has 1 aromatic carbocycles. The average molecular weight is 252 g/mol. The van der Waals surface area contributed by atoms with Crippen LogP contribution in [0.15, 0.2) is 36.9 Å². The van der Waals surface area contributed by atoms with Gasteiger partial charge in [0.15, 0.2) is 5.69 Å². The quantitative estimate of drug-likeness (QED) is 0.768. The molecule has 2 aromatic rings. The minimum atomic E-state index is 0.411. The molecule has 0 unspecified atom stereocenters. The molecule has 0 radical (unpaired) electrons. The van der Waals surface area contributed by atoms with Crippen LogP contribution in [0.5, 0.6) is 0 Å². The molecule has 1 heterocycles. The van der Waals surface area contributed by atoms with E-state index in [9.17, 15) is 0 Å². The Morgan fingerprint density at radius 2 is 2.05 bits per heavy atom. The SMILES string of the molecule is C=CCn1nnc(C#N)c1CCc1ccc(C)cc1. The highest BCUT2D eigenvalue weighted by molar-refractivity contribution is 5.27. The van der Waals surface area contributed by atoms with Crippen molar-refractivity contribution >= 4 is 0 Å². The Kier molecular flexibility index (Phi) is 4.09. The van der Waals surface area contributed by atoms with E-state index in [1.165, 1.54) is 11.1 Å². The second-order valence-electron chi connectivity index (χ2n) is 4.45. The van der Waals surface area contributed by atoms with E-state index in [0.717, 1.165) is 18.5 Å². The molecular weight excluding hydrogens is 236 g/mol. The first kappa shape index (κ1) is 13.0. The molecular formula is C15H16N4. The van der Waals surface area contributed by atoms with Gasteiger partial charge in [0.25, 0.3) is 0 Å². The lowest BCUT2D eigenvalue weighted by atomic mass is 10.1. The Labute approximate surface area is 113 Å². The van der Waals surface area contributed by atoms with Crippen LogP contribution < -0.4 is 0 Å². The molecule has 0 spiro atoms. The topological polar surface area (TPSA) is 54.5 Å². The minimum absolute atomic E-state index is 0.411. The molecule has 4 heteroatoms. The lowest BCUT2D eigenvalue weighted by Gasteiger charge is -2.05. The van der Waals surface area contributed by atoms with Crippen LogP contribution in [0.1, 0.15) is 22.5 Å². The van der Waals surface area contributed by atoms with Crippen molar-refractivity contribution < 1.29 is 0 Å². The molecule has 2 rings (SSSR count). The van der Waals surface area contributed by atoms with Crippen molar-refractivity contribution in [2.24, 2.45) is 0 Å². The Morgan fingerprint density at radius 1 is 1.32 bits per heavy atom. The lowest BCUT2D eigenvalue weighted by Crippen LogP contribution is -2.05. The van der Waals surface area contributed by atoms with Crippen LogP contribution in [0, 0.1) is 18.3 Å². The summed E-state index contributed by atoms with van der Waals surface area (Å²) in [6.07, 6.45) is 3.39. The standard InChI is InChI=1S/C15H16N4/c1-3-10-19-15(14(11-16)17-18-19)9-8-13-6-4-12(2)5-7-13/h3-7H,1,8-10H2,2H3. The summed E-state index contributed by atoms with van der Waals surface area (Å²) in [7, 11) is 0. The molecule has 0 atom stereocenters. The maximum absolute atomic E-state index is 9.04. The fourth-order valence-electron chi connectivity index (χ4n) is 1.95. The van der Waals surface area contributed by atoms with Gasteiger partial charge in [-0.2, -0.15) is 5.26 Å². The summed E-state index contributed by atoms with van der Waals surface area (Å²) < 4.78 is 1.74. The summed E-state index contributed by atoms with van der Waals surface area (Å²) in [5.41, 5.74) is 3.79. The Hall–Kier alpha value is -2.41. The molecule has 96 valence electrons. The first-order chi connectivity index (χ1) is 9.24. The fourth-order valence-corrected chi connectivity index (χ4v) is 1.95. The Morgan fingerprint density at radius 3 is 2.68 bits per heavy atom. The molecule has 0 aliphatic heterocycles. The molecule has 0 N–H and O–H groups in total. The predicted octanol–water partition coefficient (Wildman–Crippen LogP) is 2.43. The van der Waals surface area contributed by atoms with Crippen LogP contribution in [-0.4, -0.2) is 15.0 Å². The number of aromatic nitrogens is 3. The molecule has 0 amide bonds. The molecule has 1 aromatic heterocycles. The number of allylic oxidation sites excluding steroid dienone is 1. The van der Waals surface area contributed by atoms with Gasteiger partial charge in [0.2, 0.25) is 0 Å². The second-order valence-corrected chi connectivity index (χ2v) is 4.45. The smallest absolute Gasteiger partial charge is 0.185 e. The number of benzene rings is 1. The van der Waals surface area contributed by atoms with Crippen molar-refractivity contribution in [1.82, 2.24) is 15.0 Å². The van der Waals surface area contributed by atoms with Gasteiger partial charge in [0, 0.05) is 0 Å². The summed E-state index contributed by atoms with van der Waals surface area (Å²) in [6.45, 7) is 6.34. The van der Waals surface area contributed by atoms with E-state index in [1.54, 1.807) is 10.8 Å². The first-order valence-corrected chi connectivity index (χ1v) is 6.23. The van der Waals surface area contributed by atoms with Crippen LogP contribution in [0.2, 0.25) is 0 Å². The molecule has 0 aliphatic rings. The monoisotopic (exact) mass is 252 g/mol. The van der Waals surface area contributed by atoms with Gasteiger partial charge in [0.05, 0.1) is 12.2 Å². The highest BCUT2D eigenvalue weighted by Gasteiger charge is 2.11.